The average Bonchev–Trinajstić information content (AvgIpc) is 2.56. The van der Waals surface area contributed by atoms with E-state index in [-0.39, 0.29) is 0 Å². The molecule has 1 heterocycles. The minimum Gasteiger partial charge on any atom is -0.296 e. The molecule has 4 nitrogen and oxygen atoms in total. The van der Waals surface area contributed by atoms with E-state index in [4.69, 9.17) is 0 Å². The fourth-order valence-electron chi connectivity index (χ4n) is 3.78. The summed E-state index contributed by atoms with van der Waals surface area (Å²) in [5.74, 6) is 0. The van der Waals surface area contributed by atoms with Crippen molar-refractivity contribution in [2.75, 3.05) is 26.2 Å². The van der Waals surface area contributed by atoms with Crippen LogP contribution >= 0.6 is 0 Å². The normalized spacial score (nSPS) is 16.8. The predicted molar refractivity (Wildman–Crippen MR) is 106 cm³/mol. The predicted octanol–water partition coefficient (Wildman–Crippen LogP) is 3.43. The molecule has 1 fully saturated rings. The van der Waals surface area contributed by atoms with E-state index in [1.807, 2.05) is 32.9 Å². The highest BCUT2D eigenvalue weighted by Gasteiger charge is 2.30. The van der Waals surface area contributed by atoms with Gasteiger partial charge in [0.15, 0.2) is 0 Å². The van der Waals surface area contributed by atoms with Gasteiger partial charge in [-0.1, -0.05) is 47.5 Å². The Labute approximate surface area is 157 Å². The summed E-state index contributed by atoms with van der Waals surface area (Å²) >= 11 is 0. The first-order chi connectivity index (χ1) is 12.3. The molecule has 26 heavy (non-hydrogen) atoms. The van der Waals surface area contributed by atoms with Gasteiger partial charge in [0.2, 0.25) is 10.0 Å². The Morgan fingerprint density at radius 1 is 0.808 bits per heavy atom. The highest BCUT2D eigenvalue weighted by atomic mass is 32.2. The van der Waals surface area contributed by atoms with Crippen molar-refractivity contribution < 1.29 is 8.42 Å². The molecule has 0 atom stereocenters. The van der Waals surface area contributed by atoms with Crippen molar-refractivity contribution in [2.24, 2.45) is 0 Å². The van der Waals surface area contributed by atoms with Crippen molar-refractivity contribution in [2.45, 2.75) is 39.1 Å². The largest absolute Gasteiger partial charge is 0.296 e. The van der Waals surface area contributed by atoms with Crippen LogP contribution in [0.1, 0.15) is 27.8 Å². The van der Waals surface area contributed by atoms with Crippen LogP contribution in [0.3, 0.4) is 0 Å². The van der Waals surface area contributed by atoms with E-state index < -0.39 is 10.0 Å². The van der Waals surface area contributed by atoms with Crippen molar-refractivity contribution in [3.63, 3.8) is 0 Å². The van der Waals surface area contributed by atoms with Gasteiger partial charge in [-0.25, -0.2) is 8.42 Å². The summed E-state index contributed by atoms with van der Waals surface area (Å²) in [6, 6.07) is 12.5. The van der Waals surface area contributed by atoms with E-state index in [0.717, 1.165) is 36.3 Å². The zero-order valence-electron chi connectivity index (χ0n) is 16.1. The van der Waals surface area contributed by atoms with Crippen LogP contribution in [0, 0.1) is 27.7 Å². The fraction of sp³-hybridized carbons (Fsp3) is 0.429. The quantitative estimate of drug-likeness (QED) is 0.826. The lowest BCUT2D eigenvalue weighted by Crippen LogP contribution is -2.48. The van der Waals surface area contributed by atoms with Gasteiger partial charge in [-0.2, -0.15) is 4.31 Å². The van der Waals surface area contributed by atoms with E-state index in [9.17, 15) is 8.42 Å². The number of aryl methyl sites for hydroxylation is 4. The molecule has 2 aromatic carbocycles. The van der Waals surface area contributed by atoms with E-state index in [0.29, 0.717) is 18.0 Å². The molecule has 0 spiro atoms. The first-order valence-corrected chi connectivity index (χ1v) is 10.6. The van der Waals surface area contributed by atoms with Gasteiger partial charge in [0.1, 0.15) is 0 Å². The van der Waals surface area contributed by atoms with Gasteiger partial charge in [-0.3, -0.25) is 4.90 Å². The highest BCUT2D eigenvalue weighted by molar-refractivity contribution is 7.89. The molecule has 5 heteroatoms. The molecule has 0 amide bonds. The van der Waals surface area contributed by atoms with Crippen molar-refractivity contribution in [1.29, 1.82) is 0 Å². The van der Waals surface area contributed by atoms with Crippen LogP contribution in [0.4, 0.5) is 0 Å². The number of piperazine rings is 1. The molecule has 0 bridgehead atoms. The van der Waals surface area contributed by atoms with Crippen LogP contribution in [0.2, 0.25) is 0 Å². The first-order valence-electron chi connectivity index (χ1n) is 9.13. The van der Waals surface area contributed by atoms with Gasteiger partial charge in [-0.15, -0.1) is 0 Å². The third-order valence-corrected chi connectivity index (χ3v) is 7.27. The maximum atomic E-state index is 13.2. The van der Waals surface area contributed by atoms with Gasteiger partial charge in [0.05, 0.1) is 4.90 Å². The summed E-state index contributed by atoms with van der Waals surface area (Å²) in [6.07, 6.45) is 0. The van der Waals surface area contributed by atoms with Crippen LogP contribution in [-0.2, 0) is 16.6 Å². The fourth-order valence-corrected chi connectivity index (χ4v) is 5.62. The lowest BCUT2D eigenvalue weighted by Gasteiger charge is -2.34. The molecule has 0 aromatic heterocycles. The molecular weight excluding hydrogens is 344 g/mol. The van der Waals surface area contributed by atoms with E-state index in [1.54, 1.807) is 4.31 Å². The first kappa shape index (κ1) is 19.1. The van der Waals surface area contributed by atoms with E-state index >= 15 is 0 Å². The number of benzene rings is 2. The smallest absolute Gasteiger partial charge is 0.243 e. The lowest BCUT2D eigenvalue weighted by atomic mass is 10.1. The van der Waals surface area contributed by atoms with Crippen molar-refractivity contribution >= 4 is 10.0 Å². The molecule has 3 rings (SSSR count). The van der Waals surface area contributed by atoms with Crippen LogP contribution in [0.5, 0.6) is 0 Å². The van der Waals surface area contributed by atoms with Crippen molar-refractivity contribution in [1.82, 2.24) is 9.21 Å². The van der Waals surface area contributed by atoms with Crippen LogP contribution in [0.25, 0.3) is 0 Å². The second-order valence-electron chi connectivity index (χ2n) is 7.39. The Kier molecular flexibility index (Phi) is 5.51. The molecule has 2 aromatic rings. The minimum absolute atomic E-state index is 0.482. The number of nitrogens with zero attached hydrogens (tertiary/aromatic N) is 2. The summed E-state index contributed by atoms with van der Waals surface area (Å²) < 4.78 is 27.9. The zero-order valence-corrected chi connectivity index (χ0v) is 16.9. The molecule has 0 aliphatic carbocycles. The van der Waals surface area contributed by atoms with Gasteiger partial charge < -0.3 is 0 Å². The lowest BCUT2D eigenvalue weighted by molar-refractivity contribution is 0.181. The van der Waals surface area contributed by atoms with Gasteiger partial charge in [0.25, 0.3) is 0 Å². The van der Waals surface area contributed by atoms with Crippen LogP contribution in [-0.4, -0.2) is 43.8 Å². The topological polar surface area (TPSA) is 40.6 Å². The molecular formula is C21H28N2O2S. The maximum Gasteiger partial charge on any atom is 0.243 e. The number of hydrogen-bond acceptors (Lipinski definition) is 3. The van der Waals surface area contributed by atoms with Crippen LogP contribution in [0.15, 0.2) is 41.3 Å². The molecule has 140 valence electrons. The zero-order chi connectivity index (χ0) is 18.9. The summed E-state index contributed by atoms with van der Waals surface area (Å²) in [6.45, 7) is 11.3. The molecule has 1 aliphatic rings. The third kappa shape index (κ3) is 4.00. The van der Waals surface area contributed by atoms with Gasteiger partial charge in [-0.05, 0) is 44.4 Å². The Morgan fingerprint density at radius 3 is 1.88 bits per heavy atom. The summed E-state index contributed by atoms with van der Waals surface area (Å²) in [5, 5.41) is 0. The van der Waals surface area contributed by atoms with Crippen LogP contribution < -0.4 is 0 Å². The molecule has 0 N–H and O–H groups in total. The molecule has 1 saturated heterocycles. The van der Waals surface area contributed by atoms with Crippen molar-refractivity contribution in [3.05, 3.63) is 64.2 Å². The summed E-state index contributed by atoms with van der Waals surface area (Å²) in [4.78, 5) is 2.81. The van der Waals surface area contributed by atoms with Crippen molar-refractivity contribution in [3.8, 4) is 0 Å². The summed E-state index contributed by atoms with van der Waals surface area (Å²) in [7, 11) is -3.44. The minimum atomic E-state index is -3.44. The van der Waals surface area contributed by atoms with E-state index in [2.05, 4.69) is 36.1 Å². The standard InChI is InChI=1S/C21H28N2O2S/c1-16-5-7-20(8-6-16)15-22-9-11-23(12-10-22)26(24,25)21-18(3)13-17(2)14-19(21)4/h5-8,13-14H,9-12,15H2,1-4H3. The van der Waals surface area contributed by atoms with E-state index in [1.165, 1.54) is 11.1 Å². The molecule has 0 saturated carbocycles. The SMILES string of the molecule is Cc1ccc(CN2CCN(S(=O)(=O)c3c(C)cc(C)cc3C)CC2)cc1. The monoisotopic (exact) mass is 372 g/mol. The highest BCUT2D eigenvalue weighted by Crippen LogP contribution is 2.26. The Hall–Kier alpha value is -1.69. The second kappa shape index (κ2) is 7.51. The maximum absolute atomic E-state index is 13.2. The molecule has 0 radical (unpaired) electrons. The summed E-state index contributed by atoms with van der Waals surface area (Å²) in [5.41, 5.74) is 5.31. The van der Waals surface area contributed by atoms with Gasteiger partial charge >= 0.3 is 0 Å². The molecule has 1 aliphatic heterocycles. The Bertz CT molecular complexity index is 858. The second-order valence-corrected chi connectivity index (χ2v) is 9.27. The number of sulfonamides is 1. The number of rotatable bonds is 4. The third-order valence-electron chi connectivity index (χ3n) is 5.06. The molecule has 0 unspecified atom stereocenters. The Balaban J connectivity index is 1.70. The number of hydrogen-bond donors (Lipinski definition) is 0. The van der Waals surface area contributed by atoms with Gasteiger partial charge in [0, 0.05) is 32.7 Å². The average molecular weight is 373 g/mol. The Morgan fingerprint density at radius 2 is 1.35 bits per heavy atom.